The molecule has 0 spiro atoms. The van der Waals surface area contributed by atoms with Crippen molar-refractivity contribution in [3.8, 4) is 0 Å². The van der Waals surface area contributed by atoms with Gasteiger partial charge in [0.05, 0.1) is 14.5 Å². The fraction of sp³-hybridized carbons (Fsp3) is 0.154. The molecule has 1 aliphatic carbocycles. The van der Waals surface area contributed by atoms with Gasteiger partial charge in [-0.1, -0.05) is 58.5 Å². The third-order valence-corrected chi connectivity index (χ3v) is 4.86. The zero-order valence-electron chi connectivity index (χ0n) is 9.75. The molecule has 0 fully saturated rings. The number of hydrogen-bond acceptors (Lipinski definition) is 2. The maximum absolute atomic E-state index is 12.1. The monoisotopic (exact) mass is 373 g/mol. The van der Waals surface area contributed by atoms with E-state index in [-0.39, 0.29) is 8.82 Å². The minimum Gasteiger partial charge on any atom is -0.199 e. The van der Waals surface area contributed by atoms with Crippen LogP contribution in [-0.4, -0.2) is 18.1 Å². The van der Waals surface area contributed by atoms with E-state index in [1.807, 2.05) is 19.1 Å². The van der Waals surface area contributed by atoms with Crippen molar-refractivity contribution in [1.29, 1.82) is 0 Å². The van der Waals surface area contributed by atoms with Crippen molar-refractivity contribution in [3.63, 3.8) is 0 Å². The molecular formula is C13H12INO2S. The van der Waals surface area contributed by atoms with E-state index in [0.717, 1.165) is 5.56 Å². The molecule has 3 nitrogen and oxygen atoms in total. The van der Waals surface area contributed by atoms with Crippen LogP contribution in [0.2, 0.25) is 0 Å². The Balaban J connectivity index is 2.38. The molecule has 0 aromatic heterocycles. The van der Waals surface area contributed by atoms with Crippen molar-refractivity contribution in [3.05, 3.63) is 54.1 Å². The van der Waals surface area contributed by atoms with Crippen LogP contribution in [0.5, 0.6) is 0 Å². The number of halogens is 1. The number of alkyl halides is 1. The van der Waals surface area contributed by atoms with Crippen LogP contribution < -0.4 is 0 Å². The maximum Gasteiger partial charge on any atom is 0.282 e. The van der Waals surface area contributed by atoms with Crippen LogP contribution in [0.1, 0.15) is 5.56 Å². The minimum atomic E-state index is -3.61. The van der Waals surface area contributed by atoms with Crippen LogP contribution >= 0.6 is 22.6 Å². The van der Waals surface area contributed by atoms with E-state index in [4.69, 9.17) is 0 Å². The standard InChI is InChI=1S/C13H12INO2S/c1-10-6-8-11(9-7-10)18(16,17)15-13-5-3-2-4-12(13)14/h2-9,12H,1H3. The zero-order chi connectivity index (χ0) is 13.2. The number of rotatable bonds is 2. The van der Waals surface area contributed by atoms with Crippen molar-refractivity contribution in [2.75, 3.05) is 0 Å². The second-order valence-electron chi connectivity index (χ2n) is 3.95. The molecule has 0 heterocycles. The van der Waals surface area contributed by atoms with Gasteiger partial charge in [0.15, 0.2) is 0 Å². The summed E-state index contributed by atoms with van der Waals surface area (Å²) in [5, 5.41) is 0. The molecule has 0 amide bonds. The lowest BCUT2D eigenvalue weighted by Gasteiger charge is -2.08. The summed E-state index contributed by atoms with van der Waals surface area (Å²) in [6.45, 7) is 1.91. The highest BCUT2D eigenvalue weighted by Gasteiger charge is 2.16. The summed E-state index contributed by atoms with van der Waals surface area (Å²) in [5.74, 6) is 0. The Hall–Kier alpha value is -0.950. The fourth-order valence-electron chi connectivity index (χ4n) is 1.49. The van der Waals surface area contributed by atoms with Crippen molar-refractivity contribution in [2.45, 2.75) is 15.7 Å². The van der Waals surface area contributed by atoms with Gasteiger partial charge in [0, 0.05) is 0 Å². The Labute approximate surface area is 121 Å². The number of aryl methyl sites for hydroxylation is 1. The minimum absolute atomic E-state index is 0.00665. The van der Waals surface area contributed by atoms with Crippen molar-refractivity contribution >= 4 is 38.3 Å². The van der Waals surface area contributed by atoms with E-state index in [0.29, 0.717) is 5.71 Å². The van der Waals surface area contributed by atoms with Gasteiger partial charge in [-0.2, -0.15) is 12.8 Å². The summed E-state index contributed by atoms with van der Waals surface area (Å²) >= 11 is 2.15. The van der Waals surface area contributed by atoms with E-state index in [1.165, 1.54) is 0 Å². The third-order valence-electron chi connectivity index (χ3n) is 2.49. The van der Waals surface area contributed by atoms with Gasteiger partial charge < -0.3 is 0 Å². The number of sulfonamides is 1. The van der Waals surface area contributed by atoms with Crippen LogP contribution in [0.4, 0.5) is 0 Å². The Bertz CT molecular complexity index is 627. The van der Waals surface area contributed by atoms with Crippen LogP contribution in [0.3, 0.4) is 0 Å². The largest absolute Gasteiger partial charge is 0.282 e. The van der Waals surface area contributed by atoms with Gasteiger partial charge in [-0.25, -0.2) is 0 Å². The molecule has 18 heavy (non-hydrogen) atoms. The molecule has 2 rings (SSSR count). The predicted octanol–water partition coefficient (Wildman–Crippen LogP) is 3.05. The third kappa shape index (κ3) is 3.08. The van der Waals surface area contributed by atoms with E-state index in [9.17, 15) is 8.42 Å². The van der Waals surface area contributed by atoms with E-state index >= 15 is 0 Å². The van der Waals surface area contributed by atoms with Gasteiger partial charge in [-0.05, 0) is 25.1 Å². The molecule has 1 aliphatic rings. The summed E-state index contributed by atoms with van der Waals surface area (Å²) in [5.41, 5.74) is 1.58. The summed E-state index contributed by atoms with van der Waals surface area (Å²) in [4.78, 5) is 0.229. The van der Waals surface area contributed by atoms with Gasteiger partial charge in [-0.15, -0.1) is 0 Å². The summed E-state index contributed by atoms with van der Waals surface area (Å²) in [7, 11) is -3.61. The molecular weight excluding hydrogens is 361 g/mol. The molecule has 0 bridgehead atoms. The zero-order valence-corrected chi connectivity index (χ0v) is 12.7. The highest BCUT2D eigenvalue weighted by molar-refractivity contribution is 14.1. The number of nitrogens with zero attached hydrogens (tertiary/aromatic N) is 1. The fourth-order valence-corrected chi connectivity index (χ4v) is 3.30. The lowest BCUT2D eigenvalue weighted by molar-refractivity contribution is 0.598. The van der Waals surface area contributed by atoms with Gasteiger partial charge >= 0.3 is 0 Å². The van der Waals surface area contributed by atoms with E-state index < -0.39 is 10.0 Å². The van der Waals surface area contributed by atoms with Crippen LogP contribution in [-0.2, 0) is 10.0 Å². The molecule has 0 aliphatic heterocycles. The number of benzene rings is 1. The first-order valence-corrected chi connectivity index (χ1v) is 8.08. The van der Waals surface area contributed by atoms with E-state index in [2.05, 4.69) is 27.0 Å². The summed E-state index contributed by atoms with van der Waals surface area (Å²) < 4.78 is 28.1. The Morgan fingerprint density at radius 1 is 1.17 bits per heavy atom. The Morgan fingerprint density at radius 2 is 1.83 bits per heavy atom. The second-order valence-corrected chi connectivity index (χ2v) is 6.90. The molecule has 1 atom stereocenters. The molecule has 0 saturated carbocycles. The SMILES string of the molecule is Cc1ccc(S(=O)(=O)N=C2C=CC=CC2I)cc1. The summed E-state index contributed by atoms with van der Waals surface area (Å²) in [6, 6.07) is 6.70. The number of hydrogen-bond donors (Lipinski definition) is 0. The molecule has 1 aromatic carbocycles. The molecule has 1 aromatic rings. The first-order valence-electron chi connectivity index (χ1n) is 5.39. The van der Waals surface area contributed by atoms with Crippen LogP contribution in [0.25, 0.3) is 0 Å². The van der Waals surface area contributed by atoms with Gasteiger partial charge in [0.1, 0.15) is 0 Å². The quantitative estimate of drug-likeness (QED) is 0.591. The molecule has 0 N–H and O–H groups in total. The van der Waals surface area contributed by atoms with Crippen molar-refractivity contribution in [2.24, 2.45) is 4.40 Å². The highest BCUT2D eigenvalue weighted by Crippen LogP contribution is 2.17. The van der Waals surface area contributed by atoms with Crippen LogP contribution in [0.15, 0.2) is 57.9 Å². The molecule has 1 unspecified atom stereocenters. The van der Waals surface area contributed by atoms with Gasteiger partial charge in [0.25, 0.3) is 10.0 Å². The predicted molar refractivity (Wildman–Crippen MR) is 81.9 cm³/mol. The molecule has 0 saturated heterocycles. The van der Waals surface area contributed by atoms with Crippen molar-refractivity contribution < 1.29 is 8.42 Å². The highest BCUT2D eigenvalue weighted by atomic mass is 127. The topological polar surface area (TPSA) is 46.5 Å². The smallest absolute Gasteiger partial charge is 0.199 e. The Morgan fingerprint density at radius 3 is 2.44 bits per heavy atom. The van der Waals surface area contributed by atoms with Gasteiger partial charge in [0.2, 0.25) is 0 Å². The summed E-state index contributed by atoms with van der Waals surface area (Å²) in [6.07, 6.45) is 7.31. The first kappa shape index (κ1) is 13.5. The van der Waals surface area contributed by atoms with Crippen molar-refractivity contribution in [1.82, 2.24) is 0 Å². The molecule has 0 radical (unpaired) electrons. The average molecular weight is 373 g/mol. The normalized spacial score (nSPS) is 21.4. The average Bonchev–Trinajstić information content (AvgIpc) is 2.32. The van der Waals surface area contributed by atoms with Crippen LogP contribution in [0, 0.1) is 6.92 Å². The number of allylic oxidation sites excluding steroid dienone is 4. The molecule has 5 heteroatoms. The maximum atomic E-state index is 12.1. The Kier molecular flexibility index (Phi) is 4.01. The van der Waals surface area contributed by atoms with E-state index in [1.54, 1.807) is 36.4 Å². The first-order chi connectivity index (χ1) is 8.49. The lowest BCUT2D eigenvalue weighted by Crippen LogP contribution is -2.13. The second kappa shape index (κ2) is 5.36. The lowest BCUT2D eigenvalue weighted by atomic mass is 10.2. The molecule has 94 valence electrons. The van der Waals surface area contributed by atoms with Gasteiger partial charge in [-0.3, -0.25) is 0 Å².